The number of hydrogen-bond donors (Lipinski definition) is 6. The highest BCUT2D eigenvalue weighted by atomic mass is 32.1. The van der Waals surface area contributed by atoms with Gasteiger partial charge in [-0.05, 0) is 136 Å². The van der Waals surface area contributed by atoms with E-state index in [1.165, 1.54) is 24.2 Å². The van der Waals surface area contributed by atoms with Crippen molar-refractivity contribution in [3.05, 3.63) is 106 Å². The fourth-order valence-electron chi connectivity index (χ4n) is 13.5. The van der Waals surface area contributed by atoms with Crippen LogP contribution in [0.5, 0.6) is 0 Å². The van der Waals surface area contributed by atoms with Crippen molar-refractivity contribution < 1.29 is 28.2 Å². The Morgan fingerprint density at radius 3 is 1.76 bits per heavy atom. The number of nitrogens with one attached hydrogen (secondary N) is 2. The van der Waals surface area contributed by atoms with Gasteiger partial charge < -0.3 is 32.4 Å². The zero-order chi connectivity index (χ0) is 69.7. The van der Waals surface area contributed by atoms with Crippen LogP contribution < -0.4 is 22.9 Å². The molecule has 10 aromatic heterocycles. The predicted molar refractivity (Wildman–Crippen MR) is 370 cm³/mol. The van der Waals surface area contributed by atoms with Crippen molar-refractivity contribution in [2.45, 2.75) is 151 Å². The van der Waals surface area contributed by atoms with Gasteiger partial charge >= 0.3 is 0 Å². The largest absolute Gasteiger partial charge is 0.376 e. The topological polar surface area (TPSA) is 393 Å². The van der Waals surface area contributed by atoms with Gasteiger partial charge in [0.15, 0.2) is 29.1 Å². The van der Waals surface area contributed by atoms with Crippen molar-refractivity contribution >= 4 is 61.8 Å². The predicted octanol–water partition coefficient (Wildman–Crippen LogP) is 7.66. The normalized spacial score (nSPS) is 17.7. The van der Waals surface area contributed by atoms with Crippen molar-refractivity contribution in [3.63, 3.8) is 0 Å². The van der Waals surface area contributed by atoms with Crippen LogP contribution in [0.15, 0.2) is 61.1 Å². The number of H-pyrrole nitrogens is 2. The van der Waals surface area contributed by atoms with Crippen LogP contribution >= 0.6 is 11.3 Å². The Morgan fingerprint density at radius 2 is 1.21 bits per heavy atom. The van der Waals surface area contributed by atoms with Crippen LogP contribution in [0, 0.1) is 32.5 Å². The second kappa shape index (κ2) is 27.9. The quantitative estimate of drug-likeness (QED) is 0.0452. The third-order valence-electron chi connectivity index (χ3n) is 18.6. The van der Waals surface area contributed by atoms with Crippen LogP contribution in [-0.4, -0.2) is 166 Å². The summed E-state index contributed by atoms with van der Waals surface area (Å²) in [6.07, 6.45) is 12.0. The molecule has 0 radical (unpaired) electrons. The summed E-state index contributed by atoms with van der Waals surface area (Å²) in [5.41, 5.74) is 32.6. The minimum absolute atomic E-state index is 0.0919. The van der Waals surface area contributed by atoms with Gasteiger partial charge in [-0.1, -0.05) is 0 Å². The maximum Gasteiger partial charge on any atom is 0.267 e. The van der Waals surface area contributed by atoms with Gasteiger partial charge in [0, 0.05) is 102 Å². The first-order chi connectivity index (χ1) is 47.7. The zero-order valence-electron chi connectivity index (χ0n) is 56.7. The minimum Gasteiger partial charge on any atom is -0.376 e. The Balaban J connectivity index is 0.000000134. The number of hydrogen-bond acceptors (Lipinski definition) is 20. The molecule has 12 aromatic rings. The molecule has 2 bridgehead atoms. The Morgan fingerprint density at radius 1 is 0.646 bits per heavy atom. The molecule has 13 heterocycles. The van der Waals surface area contributed by atoms with Gasteiger partial charge in [-0.2, -0.15) is 40.8 Å². The van der Waals surface area contributed by atoms with Gasteiger partial charge in [0.2, 0.25) is 11.8 Å². The number of aryl methyl sites for hydroxylation is 8. The van der Waals surface area contributed by atoms with Crippen molar-refractivity contribution in [2.24, 2.45) is 35.9 Å². The molecular weight excluding hydrogens is 1290 g/mol. The van der Waals surface area contributed by atoms with Crippen LogP contribution in [-0.2, 0) is 55.8 Å². The number of fused-ring (bicyclic) bond motifs is 5. The summed E-state index contributed by atoms with van der Waals surface area (Å²) in [6.45, 7) is 21.7. The van der Waals surface area contributed by atoms with E-state index < -0.39 is 23.5 Å². The summed E-state index contributed by atoms with van der Waals surface area (Å²) in [7, 11) is 1.76. The van der Waals surface area contributed by atoms with Crippen LogP contribution in [0.2, 0.25) is 0 Å². The zero-order valence-corrected chi connectivity index (χ0v) is 57.5. The fraction of sp³-hybridized carbons (Fsp3) is 0.418. The minimum atomic E-state index is -0.662. The molecule has 4 atom stereocenters. The number of rotatable bonds is 19. The number of carbonyl (C=O) groups is 3. The number of halogens is 1. The van der Waals surface area contributed by atoms with E-state index in [1.807, 2.05) is 77.7 Å². The lowest BCUT2D eigenvalue weighted by atomic mass is 9.92. The number of pyridine rings is 1. The average Bonchev–Trinajstić information content (AvgIpc) is 1.65. The molecule has 516 valence electrons. The average molecular weight is 1370 g/mol. The van der Waals surface area contributed by atoms with Crippen molar-refractivity contribution in [2.75, 3.05) is 19.7 Å². The van der Waals surface area contributed by atoms with E-state index >= 15 is 0 Å². The molecule has 2 aromatic carbocycles. The smallest absolute Gasteiger partial charge is 0.267 e. The lowest BCUT2D eigenvalue weighted by Crippen LogP contribution is -2.48. The van der Waals surface area contributed by atoms with Gasteiger partial charge in [-0.3, -0.25) is 57.6 Å². The van der Waals surface area contributed by atoms with Crippen LogP contribution in [0.4, 0.5) is 4.39 Å². The molecule has 0 saturated carbocycles. The molecule has 3 amide bonds. The van der Waals surface area contributed by atoms with E-state index in [2.05, 4.69) is 79.7 Å². The van der Waals surface area contributed by atoms with E-state index in [1.54, 1.807) is 60.0 Å². The molecular formula is C67H80FN25O5S. The Labute approximate surface area is 571 Å². The second-order valence-electron chi connectivity index (χ2n) is 25.4. The molecule has 3 fully saturated rings. The SMILES string of the molecule is CCn1nc(C)c(F)c1-c1nc(-c2nc(C(N)=O)cc3c2cnn3C)c(CN)s1.CCn1nc(C)cc1-c1nc(-c2cc(C(N)=O)cc3c2cnn3CCC2CC3CCC(C2)O3)n[nH]1.CCn1nc(C)cc1-c1nc(-c2cc(C(N)=O)cc3c2cnn3CCN2C[C@H](C)OC[C@@H]2C)n[nH]1. The number of amides is 3. The highest BCUT2D eigenvalue weighted by molar-refractivity contribution is 7.15. The van der Waals surface area contributed by atoms with E-state index in [0.29, 0.717) is 127 Å². The highest BCUT2D eigenvalue weighted by Gasteiger charge is 2.35. The highest BCUT2D eigenvalue weighted by Crippen LogP contribution is 2.40. The first kappa shape index (κ1) is 67.3. The Bertz CT molecular complexity index is 4990. The summed E-state index contributed by atoms with van der Waals surface area (Å²) in [5.74, 6) is 0.779. The number of benzene rings is 2. The maximum absolute atomic E-state index is 14.7. The summed E-state index contributed by atoms with van der Waals surface area (Å²) in [4.78, 5) is 57.8. The third-order valence-corrected chi connectivity index (χ3v) is 19.7. The first-order valence-corrected chi connectivity index (χ1v) is 34.1. The molecule has 32 heteroatoms. The van der Waals surface area contributed by atoms with E-state index in [-0.39, 0.29) is 18.3 Å². The van der Waals surface area contributed by atoms with Gasteiger partial charge in [0.25, 0.3) is 5.91 Å². The molecule has 15 rings (SSSR count). The molecule has 0 aliphatic carbocycles. The summed E-state index contributed by atoms with van der Waals surface area (Å²) >= 11 is 1.27. The van der Waals surface area contributed by atoms with Crippen LogP contribution in [0.3, 0.4) is 0 Å². The van der Waals surface area contributed by atoms with Gasteiger partial charge in [-0.15, -0.1) is 11.3 Å². The van der Waals surface area contributed by atoms with Crippen molar-refractivity contribution in [1.82, 2.24) is 104 Å². The molecule has 2 unspecified atom stereocenters. The Hall–Kier alpha value is -10.3. The number of nitrogens with two attached hydrogens (primary N) is 4. The lowest BCUT2D eigenvalue weighted by molar-refractivity contribution is -0.0503. The molecule has 0 spiro atoms. The number of aromatic nitrogens is 20. The van der Waals surface area contributed by atoms with Gasteiger partial charge in [-0.25, -0.2) is 24.3 Å². The maximum atomic E-state index is 14.7. The summed E-state index contributed by atoms with van der Waals surface area (Å²) in [6, 6.07) is 13.0. The molecule has 10 N–H and O–H groups in total. The number of morpholine rings is 1. The molecule has 3 aliphatic heterocycles. The molecule has 3 saturated heterocycles. The van der Waals surface area contributed by atoms with Crippen molar-refractivity contribution in [1.29, 1.82) is 0 Å². The molecule has 30 nitrogen and oxygen atoms in total. The monoisotopic (exact) mass is 1370 g/mol. The van der Waals surface area contributed by atoms with E-state index in [4.69, 9.17) is 42.4 Å². The first-order valence-electron chi connectivity index (χ1n) is 33.3. The number of ether oxygens (including phenoxy) is 2. The van der Waals surface area contributed by atoms with Crippen LogP contribution in [0.1, 0.15) is 120 Å². The number of aromatic amines is 2. The number of carbonyl (C=O) groups excluding carboxylic acids is 3. The lowest BCUT2D eigenvalue weighted by Gasteiger charge is -2.36. The van der Waals surface area contributed by atoms with E-state index in [9.17, 15) is 18.8 Å². The van der Waals surface area contributed by atoms with E-state index in [0.717, 1.165) is 102 Å². The van der Waals surface area contributed by atoms with Gasteiger partial charge in [0.1, 0.15) is 39.2 Å². The third kappa shape index (κ3) is 13.5. The Kier molecular flexibility index (Phi) is 19.0. The number of thiazole rings is 1. The molecule has 99 heavy (non-hydrogen) atoms. The number of nitrogens with zero attached hydrogens (tertiary/aromatic N) is 19. The second-order valence-corrected chi connectivity index (χ2v) is 26.5. The van der Waals surface area contributed by atoms with Gasteiger partial charge in [0.05, 0.1) is 83.7 Å². The summed E-state index contributed by atoms with van der Waals surface area (Å²) in [5, 5.41) is 44.6. The van der Waals surface area contributed by atoms with Crippen molar-refractivity contribution in [3.8, 4) is 67.9 Å². The molecule has 3 aliphatic rings. The van der Waals surface area contributed by atoms with Crippen LogP contribution in [0.25, 0.3) is 101 Å². The summed E-state index contributed by atoms with van der Waals surface area (Å²) < 4.78 is 37.3. The fourth-order valence-corrected chi connectivity index (χ4v) is 14.5. The number of primary amides is 3. The standard InChI is InChI=1S/C25H30N8O2.C24H31N9O2.C18H19FN8OS/c1-3-32-22(8-14(2)31-32)25-28-24(29-30-25)19-11-16(23(26)34)12-21-20(19)13-27-33(21)7-6-15-9-17-4-5-18(10-15)35-17;1-5-32-21(8-14(2)30-32)24-27-23(28-29-24)18-9-17(22(25)34)10-20-19(18)11-26-33(20)7-6-31-12-16(4)35-13-15(31)3;1-4-27-16(13(19)8(2)25-27)18-24-15(12(6-20)29-18)14-9-7-22-26(3)11(9)5-10(23-14)17(21)28/h8,11-13,15,17-18H,3-7,9-10H2,1-2H3,(H2,26,34)(H,28,29,30);8-11,15-16H,5-7,12-13H2,1-4H3,(H2,25,34)(H,27,28,29);5,7H,4,6,20H2,1-3H3,(H2,21,28)/t;15-,16-;/m.0./s1.